The van der Waals surface area contributed by atoms with Gasteiger partial charge in [-0.15, -0.1) is 11.3 Å². The summed E-state index contributed by atoms with van der Waals surface area (Å²) in [7, 11) is 2.99. The number of aromatic hydroxyl groups is 2. The first-order chi connectivity index (χ1) is 13.1. The van der Waals surface area contributed by atoms with Crippen molar-refractivity contribution in [2.45, 2.75) is 0 Å². The van der Waals surface area contributed by atoms with E-state index in [4.69, 9.17) is 9.47 Å². The largest absolute Gasteiger partial charge is 0.504 e. The van der Waals surface area contributed by atoms with Crippen LogP contribution in [-0.2, 0) is 49.8 Å². The predicted octanol–water partition coefficient (Wildman–Crippen LogP) is 5.12. The van der Waals surface area contributed by atoms with Gasteiger partial charge in [-0.2, -0.15) is 0 Å². The van der Waals surface area contributed by atoms with E-state index in [0.717, 1.165) is 0 Å². The third-order valence-corrected chi connectivity index (χ3v) is 4.53. The first-order valence-corrected chi connectivity index (χ1v) is 8.94. The maximum Gasteiger partial charge on any atom is 0.166 e. The van der Waals surface area contributed by atoms with Crippen LogP contribution in [0.5, 0.6) is 23.0 Å². The number of benzene rings is 2. The van der Waals surface area contributed by atoms with Gasteiger partial charge in [0.2, 0.25) is 0 Å². The smallest absolute Gasteiger partial charge is 0.166 e. The van der Waals surface area contributed by atoms with Crippen LogP contribution in [0.3, 0.4) is 0 Å². The van der Waals surface area contributed by atoms with Crippen LogP contribution in [-0.4, -0.2) is 36.9 Å². The van der Waals surface area contributed by atoms with E-state index in [0.29, 0.717) is 34.0 Å². The zero-order chi connectivity index (χ0) is 19.2. The molecule has 0 atom stereocenters. The van der Waals surface area contributed by atoms with Gasteiger partial charge in [0.25, 0.3) is 0 Å². The molecule has 0 unspecified atom stereocenters. The SMILES string of the molecule is COc1cccc(C=Nc2cscc2N=Cc2cccc(OC)c2O)c1O.[CH3-].[Fe].[Y]. The third kappa shape index (κ3) is 6.66. The van der Waals surface area contributed by atoms with Crippen LogP contribution >= 0.6 is 11.3 Å². The minimum absolute atomic E-state index is 0. The summed E-state index contributed by atoms with van der Waals surface area (Å²) in [6.07, 6.45) is 3.11. The second-order valence-corrected chi connectivity index (χ2v) is 6.20. The number of nitrogens with zero attached hydrogens (tertiary/aromatic N) is 2. The molecule has 0 aliphatic heterocycles. The Morgan fingerprint density at radius 3 is 1.57 bits per heavy atom. The first-order valence-electron chi connectivity index (χ1n) is 8.00. The van der Waals surface area contributed by atoms with Crippen LogP contribution in [0.2, 0.25) is 0 Å². The van der Waals surface area contributed by atoms with Crippen LogP contribution < -0.4 is 9.47 Å². The van der Waals surface area contributed by atoms with Gasteiger partial charge >= 0.3 is 0 Å². The summed E-state index contributed by atoms with van der Waals surface area (Å²) in [5, 5.41) is 24.0. The number of hydrogen-bond acceptors (Lipinski definition) is 7. The normalized spacial score (nSPS) is 10.2. The molecule has 0 aliphatic carbocycles. The van der Waals surface area contributed by atoms with Crippen molar-refractivity contribution in [2.24, 2.45) is 9.98 Å². The fourth-order valence-electron chi connectivity index (χ4n) is 2.37. The number of hydrogen-bond donors (Lipinski definition) is 2. The quantitative estimate of drug-likeness (QED) is 0.257. The molecule has 0 bridgehead atoms. The molecule has 1 radical (unpaired) electrons. The average molecular weight is 542 g/mol. The number of ether oxygens (including phenoxy) is 2. The summed E-state index contributed by atoms with van der Waals surface area (Å²) in [6.45, 7) is 0. The molecule has 6 nitrogen and oxygen atoms in total. The van der Waals surface area contributed by atoms with E-state index in [2.05, 4.69) is 9.98 Å². The Labute approximate surface area is 216 Å². The average Bonchev–Trinajstić information content (AvgIpc) is 3.14. The number of phenols is 2. The molecule has 0 aliphatic rings. The van der Waals surface area contributed by atoms with Gasteiger partial charge in [0.1, 0.15) is 0 Å². The van der Waals surface area contributed by atoms with Crippen molar-refractivity contribution in [1.82, 2.24) is 0 Å². The Bertz CT molecular complexity index is 930. The maximum atomic E-state index is 10.1. The monoisotopic (exact) mass is 542 g/mol. The fourth-order valence-corrected chi connectivity index (χ4v) is 3.06. The summed E-state index contributed by atoms with van der Waals surface area (Å²) in [6, 6.07) is 10.4. The van der Waals surface area contributed by atoms with Crippen molar-refractivity contribution in [2.75, 3.05) is 14.2 Å². The number of para-hydroxylation sites is 2. The van der Waals surface area contributed by atoms with Gasteiger partial charge in [0.05, 0.1) is 25.6 Å². The molecule has 0 saturated heterocycles. The Balaban J connectivity index is 0.00000280. The Morgan fingerprint density at radius 2 is 1.20 bits per heavy atom. The number of phenolic OH excluding ortho intramolecular Hbond substituents is 2. The molecule has 0 fully saturated rings. The Hall–Kier alpha value is -1.70. The van der Waals surface area contributed by atoms with Crippen molar-refractivity contribution < 1.29 is 69.5 Å². The molecular weight excluding hydrogens is 521 g/mol. The molecule has 3 aromatic rings. The second-order valence-electron chi connectivity index (χ2n) is 5.45. The molecule has 9 heteroatoms. The molecule has 1 aromatic heterocycles. The topological polar surface area (TPSA) is 83.6 Å². The number of methoxy groups -OCH3 is 2. The van der Waals surface area contributed by atoms with Gasteiger partial charge in [0.15, 0.2) is 23.0 Å². The van der Waals surface area contributed by atoms with Gasteiger partial charge < -0.3 is 27.1 Å². The predicted molar refractivity (Wildman–Crippen MR) is 115 cm³/mol. The number of aliphatic imine (C=N–C) groups is 2. The minimum Gasteiger partial charge on any atom is -0.504 e. The van der Waals surface area contributed by atoms with Crippen molar-refractivity contribution in [3.63, 3.8) is 0 Å². The van der Waals surface area contributed by atoms with Crippen molar-refractivity contribution in [3.05, 3.63) is 65.7 Å². The standard InChI is InChI=1S/C20H18N2O4S.CH3.Fe.Y/c1-25-17-7-3-5-13(19(17)23)9-21-15-11-27-12-16(15)22-10-14-6-4-8-18(26-2)20(14)24;;;/h3-12,23-24H,1-2H3;1H3;;/q;-1;;. The van der Waals surface area contributed by atoms with E-state index in [1.807, 2.05) is 10.8 Å². The Kier molecular flexibility index (Phi) is 12.8. The van der Waals surface area contributed by atoms with Gasteiger partial charge in [0, 0.05) is 84.1 Å². The van der Waals surface area contributed by atoms with Crippen LogP contribution in [0.1, 0.15) is 11.1 Å². The molecule has 2 aromatic carbocycles. The maximum absolute atomic E-state index is 10.1. The molecule has 2 N–H and O–H groups in total. The summed E-state index contributed by atoms with van der Waals surface area (Å²) in [5.41, 5.74) is 2.39. The van der Waals surface area contributed by atoms with E-state index in [9.17, 15) is 10.2 Å². The first kappa shape index (κ1) is 28.3. The van der Waals surface area contributed by atoms with Crippen LogP contribution in [0.25, 0.3) is 0 Å². The van der Waals surface area contributed by atoms with Crippen molar-refractivity contribution in [3.8, 4) is 23.0 Å². The molecule has 0 spiro atoms. The van der Waals surface area contributed by atoms with E-state index in [-0.39, 0.29) is 68.7 Å². The zero-order valence-electron chi connectivity index (χ0n) is 16.7. The fraction of sp³-hybridized carbons (Fsp3) is 0.0952. The molecule has 157 valence electrons. The third-order valence-electron chi connectivity index (χ3n) is 3.81. The van der Waals surface area contributed by atoms with Gasteiger partial charge in [-0.25, -0.2) is 0 Å². The molecule has 0 amide bonds. The van der Waals surface area contributed by atoms with Crippen LogP contribution in [0, 0.1) is 7.43 Å². The summed E-state index contributed by atoms with van der Waals surface area (Å²) in [4.78, 5) is 8.82. The summed E-state index contributed by atoms with van der Waals surface area (Å²) >= 11 is 1.46. The van der Waals surface area contributed by atoms with E-state index in [1.54, 1.807) is 48.8 Å². The molecule has 1 heterocycles. The molecule has 30 heavy (non-hydrogen) atoms. The molecule has 0 saturated carbocycles. The van der Waals surface area contributed by atoms with Crippen LogP contribution in [0.15, 0.2) is 57.1 Å². The van der Waals surface area contributed by atoms with E-state index in [1.165, 1.54) is 25.6 Å². The zero-order valence-corrected chi connectivity index (χ0v) is 21.5. The van der Waals surface area contributed by atoms with Gasteiger partial charge in [-0.05, 0) is 24.3 Å². The minimum atomic E-state index is 0. The van der Waals surface area contributed by atoms with Crippen molar-refractivity contribution in [1.29, 1.82) is 0 Å². The molecular formula is C21H21FeN2O4SY-. The molecule has 3 rings (SSSR count). The van der Waals surface area contributed by atoms with E-state index >= 15 is 0 Å². The van der Waals surface area contributed by atoms with Gasteiger partial charge in [-0.3, -0.25) is 9.98 Å². The number of thiophene rings is 1. The second kappa shape index (κ2) is 13.6. The van der Waals surface area contributed by atoms with E-state index < -0.39 is 0 Å². The number of rotatable bonds is 6. The Morgan fingerprint density at radius 1 is 0.800 bits per heavy atom. The summed E-state index contributed by atoms with van der Waals surface area (Å²) in [5.74, 6) is 0.836. The van der Waals surface area contributed by atoms with Crippen LogP contribution in [0.4, 0.5) is 11.4 Å². The summed E-state index contributed by atoms with van der Waals surface area (Å²) < 4.78 is 10.2. The van der Waals surface area contributed by atoms with Crippen molar-refractivity contribution >= 4 is 35.1 Å². The van der Waals surface area contributed by atoms with Gasteiger partial charge in [-0.1, -0.05) is 12.1 Å².